The predicted octanol–water partition coefficient (Wildman–Crippen LogP) is 2.66. The summed E-state index contributed by atoms with van der Waals surface area (Å²) in [6.45, 7) is 3.12. The number of methoxy groups -OCH3 is 1. The number of pyridine rings is 1. The fraction of sp³-hybridized carbons (Fsp3) is 0.421. The van der Waals surface area contributed by atoms with Gasteiger partial charge in [-0.05, 0) is 42.7 Å². The molecule has 3 rings (SSSR count). The summed E-state index contributed by atoms with van der Waals surface area (Å²) >= 11 is 0. The number of hydrogen-bond acceptors (Lipinski definition) is 5. The Morgan fingerprint density at radius 3 is 2.79 bits per heavy atom. The molecule has 5 nitrogen and oxygen atoms in total. The molecule has 0 amide bonds. The molecule has 0 radical (unpaired) electrons. The Balaban J connectivity index is 1.52. The predicted molar refractivity (Wildman–Crippen MR) is 95.1 cm³/mol. The first-order chi connectivity index (χ1) is 11.8. The first-order valence-electron chi connectivity index (χ1n) is 8.44. The molecule has 2 heterocycles. The number of likely N-dealkylation sites (tertiary alicyclic amines) is 1. The summed E-state index contributed by atoms with van der Waals surface area (Å²) in [6, 6.07) is 10.5. The van der Waals surface area contributed by atoms with Crippen LogP contribution in [0.3, 0.4) is 0 Å². The molecule has 1 aromatic carbocycles. The third kappa shape index (κ3) is 4.24. The number of ether oxygens (including phenoxy) is 1. The van der Waals surface area contributed by atoms with E-state index in [1.165, 1.54) is 5.56 Å². The zero-order chi connectivity index (χ0) is 16.8. The van der Waals surface area contributed by atoms with E-state index in [2.05, 4.69) is 21.3 Å². The summed E-state index contributed by atoms with van der Waals surface area (Å²) in [5.41, 5.74) is 3.13. The van der Waals surface area contributed by atoms with Crippen molar-refractivity contribution in [1.29, 1.82) is 0 Å². The van der Waals surface area contributed by atoms with Gasteiger partial charge in [0.1, 0.15) is 5.75 Å². The Morgan fingerprint density at radius 2 is 2.12 bits per heavy atom. The fourth-order valence-corrected chi connectivity index (χ4v) is 3.21. The number of anilines is 1. The first kappa shape index (κ1) is 16.7. The molecule has 128 valence electrons. The second kappa shape index (κ2) is 8.13. The minimum atomic E-state index is -0.0117. The largest absolute Gasteiger partial charge is 0.496 e. The molecule has 24 heavy (non-hydrogen) atoms. The number of aromatic nitrogens is 1. The maximum Gasteiger partial charge on any atom is 0.124 e. The van der Waals surface area contributed by atoms with Crippen molar-refractivity contribution in [3.05, 3.63) is 53.9 Å². The zero-order valence-corrected chi connectivity index (χ0v) is 14.1. The van der Waals surface area contributed by atoms with Crippen LogP contribution in [0, 0.1) is 0 Å². The van der Waals surface area contributed by atoms with E-state index in [0.29, 0.717) is 6.04 Å². The van der Waals surface area contributed by atoms with Crippen LogP contribution in [0.5, 0.6) is 5.75 Å². The van der Waals surface area contributed by atoms with E-state index in [-0.39, 0.29) is 6.61 Å². The number of nitrogens with one attached hydrogen (secondary N) is 1. The Bertz CT molecular complexity index is 640. The Hall–Kier alpha value is -2.11. The van der Waals surface area contributed by atoms with Crippen LogP contribution in [0.25, 0.3) is 0 Å². The van der Waals surface area contributed by atoms with Gasteiger partial charge >= 0.3 is 0 Å². The van der Waals surface area contributed by atoms with E-state index in [4.69, 9.17) is 4.74 Å². The van der Waals surface area contributed by atoms with Crippen LogP contribution in [0.15, 0.2) is 42.7 Å². The van der Waals surface area contributed by atoms with E-state index in [9.17, 15) is 5.11 Å². The SMILES string of the molecule is COc1ccc(NC2CCN(Cc3cccnc3)CC2)cc1CO. The van der Waals surface area contributed by atoms with Gasteiger partial charge in [-0.3, -0.25) is 9.88 Å². The minimum absolute atomic E-state index is 0.0117. The quantitative estimate of drug-likeness (QED) is 0.854. The third-order valence-corrected chi connectivity index (χ3v) is 4.54. The number of nitrogens with zero attached hydrogens (tertiary/aromatic N) is 2. The minimum Gasteiger partial charge on any atom is -0.496 e. The molecule has 5 heteroatoms. The highest BCUT2D eigenvalue weighted by molar-refractivity contribution is 5.51. The van der Waals surface area contributed by atoms with Crippen molar-refractivity contribution >= 4 is 5.69 Å². The smallest absolute Gasteiger partial charge is 0.124 e. The third-order valence-electron chi connectivity index (χ3n) is 4.54. The molecule has 0 saturated carbocycles. The van der Waals surface area contributed by atoms with Crippen molar-refractivity contribution in [2.75, 3.05) is 25.5 Å². The Kier molecular flexibility index (Phi) is 5.67. The summed E-state index contributed by atoms with van der Waals surface area (Å²) in [5.74, 6) is 0.731. The Labute approximate surface area is 143 Å². The van der Waals surface area contributed by atoms with Crippen LogP contribution in [-0.2, 0) is 13.2 Å². The molecule has 1 saturated heterocycles. The zero-order valence-electron chi connectivity index (χ0n) is 14.1. The molecule has 2 aromatic rings. The van der Waals surface area contributed by atoms with Crippen molar-refractivity contribution in [2.45, 2.75) is 32.0 Å². The van der Waals surface area contributed by atoms with E-state index in [1.807, 2.05) is 36.7 Å². The summed E-state index contributed by atoms with van der Waals surface area (Å²) in [4.78, 5) is 6.66. The fourth-order valence-electron chi connectivity index (χ4n) is 3.21. The maximum absolute atomic E-state index is 9.44. The van der Waals surface area contributed by atoms with Crippen molar-refractivity contribution in [3.63, 3.8) is 0 Å². The average molecular weight is 327 g/mol. The van der Waals surface area contributed by atoms with Gasteiger partial charge in [-0.15, -0.1) is 0 Å². The van der Waals surface area contributed by atoms with Crippen molar-refractivity contribution in [2.24, 2.45) is 0 Å². The van der Waals surface area contributed by atoms with Crippen LogP contribution in [-0.4, -0.2) is 41.2 Å². The molecule has 1 aliphatic rings. The number of piperidine rings is 1. The van der Waals surface area contributed by atoms with Crippen molar-refractivity contribution in [1.82, 2.24) is 9.88 Å². The highest BCUT2D eigenvalue weighted by Gasteiger charge is 2.19. The topological polar surface area (TPSA) is 57.6 Å². The average Bonchev–Trinajstić information content (AvgIpc) is 2.64. The van der Waals surface area contributed by atoms with Gasteiger partial charge in [0.05, 0.1) is 13.7 Å². The molecule has 1 aliphatic heterocycles. The van der Waals surface area contributed by atoms with Crippen LogP contribution < -0.4 is 10.1 Å². The molecule has 0 atom stereocenters. The van der Waals surface area contributed by atoms with Crippen molar-refractivity contribution < 1.29 is 9.84 Å². The van der Waals surface area contributed by atoms with Crippen LogP contribution in [0.4, 0.5) is 5.69 Å². The van der Waals surface area contributed by atoms with Crippen LogP contribution in [0.2, 0.25) is 0 Å². The molecular weight excluding hydrogens is 302 g/mol. The number of aliphatic hydroxyl groups excluding tert-OH is 1. The lowest BCUT2D eigenvalue weighted by atomic mass is 10.0. The van der Waals surface area contributed by atoms with Gasteiger partial charge in [0.2, 0.25) is 0 Å². The molecule has 0 unspecified atom stereocenters. The summed E-state index contributed by atoms with van der Waals surface area (Å²) < 4.78 is 5.25. The lowest BCUT2D eigenvalue weighted by Crippen LogP contribution is -2.38. The highest BCUT2D eigenvalue weighted by Crippen LogP contribution is 2.24. The maximum atomic E-state index is 9.44. The molecule has 0 bridgehead atoms. The number of aliphatic hydroxyl groups is 1. The Morgan fingerprint density at radius 1 is 1.29 bits per heavy atom. The molecule has 2 N–H and O–H groups in total. The molecule has 0 aliphatic carbocycles. The van der Waals surface area contributed by atoms with Gasteiger partial charge in [0.15, 0.2) is 0 Å². The van der Waals surface area contributed by atoms with Gasteiger partial charge in [0, 0.05) is 49.3 Å². The van der Waals surface area contributed by atoms with E-state index in [0.717, 1.165) is 49.5 Å². The highest BCUT2D eigenvalue weighted by atomic mass is 16.5. The number of hydrogen-bond donors (Lipinski definition) is 2. The van der Waals surface area contributed by atoms with E-state index >= 15 is 0 Å². The van der Waals surface area contributed by atoms with Crippen molar-refractivity contribution in [3.8, 4) is 5.75 Å². The van der Waals surface area contributed by atoms with Gasteiger partial charge in [-0.1, -0.05) is 6.07 Å². The summed E-state index contributed by atoms with van der Waals surface area (Å²) in [7, 11) is 1.62. The normalized spacial score (nSPS) is 16.1. The van der Waals surface area contributed by atoms with Gasteiger partial charge < -0.3 is 15.2 Å². The van der Waals surface area contributed by atoms with E-state index in [1.54, 1.807) is 7.11 Å². The van der Waals surface area contributed by atoms with Gasteiger partial charge in [0.25, 0.3) is 0 Å². The second-order valence-corrected chi connectivity index (χ2v) is 6.24. The van der Waals surface area contributed by atoms with Gasteiger partial charge in [-0.2, -0.15) is 0 Å². The van der Waals surface area contributed by atoms with Crippen LogP contribution in [0.1, 0.15) is 24.0 Å². The lowest BCUT2D eigenvalue weighted by molar-refractivity contribution is 0.211. The first-order valence-corrected chi connectivity index (χ1v) is 8.44. The van der Waals surface area contributed by atoms with Gasteiger partial charge in [-0.25, -0.2) is 0 Å². The van der Waals surface area contributed by atoms with E-state index < -0.39 is 0 Å². The standard InChI is InChI=1S/C19H25N3O2/c1-24-19-5-4-18(11-16(19)14-23)21-17-6-9-22(10-7-17)13-15-3-2-8-20-12-15/h2-5,8,11-12,17,21,23H,6-7,9-10,13-14H2,1H3. The monoisotopic (exact) mass is 327 g/mol. The molecule has 0 spiro atoms. The number of benzene rings is 1. The van der Waals surface area contributed by atoms with Crippen LogP contribution >= 0.6 is 0 Å². The molecule has 1 aromatic heterocycles. The number of rotatable bonds is 6. The second-order valence-electron chi connectivity index (χ2n) is 6.24. The molecular formula is C19H25N3O2. The lowest BCUT2D eigenvalue weighted by Gasteiger charge is -2.33. The molecule has 1 fully saturated rings. The summed E-state index contributed by atoms with van der Waals surface area (Å²) in [6.07, 6.45) is 5.98. The summed E-state index contributed by atoms with van der Waals surface area (Å²) in [5, 5.41) is 13.0.